The third-order valence-electron chi connectivity index (χ3n) is 1.44. The molecule has 0 aromatic heterocycles. The summed E-state index contributed by atoms with van der Waals surface area (Å²) in [5.74, 6) is 0.173. The fraction of sp³-hybridized carbons (Fsp3) is 0.833. The molecule has 0 aliphatic heterocycles. The molecule has 0 saturated carbocycles. The summed E-state index contributed by atoms with van der Waals surface area (Å²) in [4.78, 5) is 0. The second kappa shape index (κ2) is 5.76. The summed E-state index contributed by atoms with van der Waals surface area (Å²) in [5, 5.41) is 10.9. The third kappa shape index (κ3) is 6.35. The predicted octanol–water partition coefficient (Wildman–Crippen LogP) is -0.548. The van der Waals surface area contributed by atoms with Gasteiger partial charge in [0.1, 0.15) is 5.84 Å². The van der Waals surface area contributed by atoms with Crippen LogP contribution in [0, 0.1) is 0 Å². The van der Waals surface area contributed by atoms with Crippen molar-refractivity contribution in [3.05, 3.63) is 0 Å². The number of amidine groups is 1. The molecule has 0 amide bonds. The average Bonchev–Trinajstić information content (AvgIpc) is 2.12. The summed E-state index contributed by atoms with van der Waals surface area (Å²) >= 11 is 0. The van der Waals surface area contributed by atoms with E-state index in [1.807, 2.05) is 0 Å². The van der Waals surface area contributed by atoms with Crippen LogP contribution in [-0.4, -0.2) is 31.8 Å². The molecule has 0 saturated heterocycles. The van der Waals surface area contributed by atoms with E-state index in [1.165, 1.54) is 0 Å². The van der Waals surface area contributed by atoms with Crippen molar-refractivity contribution in [2.75, 3.05) is 12.3 Å². The number of sulfonamides is 1. The second-order valence-electron chi connectivity index (χ2n) is 2.49. The molecule has 6 nitrogen and oxygen atoms in total. The van der Waals surface area contributed by atoms with Crippen LogP contribution < -0.4 is 10.5 Å². The topological polar surface area (TPSA) is 105 Å². The Morgan fingerprint density at radius 1 is 1.62 bits per heavy atom. The zero-order valence-corrected chi connectivity index (χ0v) is 8.34. The monoisotopic (exact) mass is 209 g/mol. The van der Waals surface area contributed by atoms with Crippen LogP contribution in [0.2, 0.25) is 0 Å². The number of nitrogens with zero attached hydrogens (tertiary/aromatic N) is 1. The third-order valence-corrected chi connectivity index (χ3v) is 2.84. The van der Waals surface area contributed by atoms with Gasteiger partial charge in [0.25, 0.3) is 0 Å². The molecular formula is C6H15N3O3S. The van der Waals surface area contributed by atoms with Crippen LogP contribution in [0.4, 0.5) is 0 Å². The normalized spacial score (nSPS) is 13.2. The fourth-order valence-electron chi connectivity index (χ4n) is 0.649. The van der Waals surface area contributed by atoms with Gasteiger partial charge in [-0.05, 0) is 13.3 Å². The van der Waals surface area contributed by atoms with Crippen molar-refractivity contribution in [2.24, 2.45) is 10.9 Å². The lowest BCUT2D eigenvalue weighted by Gasteiger charge is -2.02. The summed E-state index contributed by atoms with van der Waals surface area (Å²) in [6.45, 7) is 1.87. The second-order valence-corrected chi connectivity index (χ2v) is 4.59. The van der Waals surface area contributed by atoms with Crippen LogP contribution >= 0.6 is 0 Å². The fourth-order valence-corrected chi connectivity index (χ4v) is 1.31. The first kappa shape index (κ1) is 12.2. The van der Waals surface area contributed by atoms with E-state index >= 15 is 0 Å². The zero-order valence-electron chi connectivity index (χ0n) is 7.52. The lowest BCUT2D eigenvalue weighted by molar-refractivity contribution is 0.316. The summed E-state index contributed by atoms with van der Waals surface area (Å²) in [6, 6.07) is 0. The minimum absolute atomic E-state index is 0.0660. The van der Waals surface area contributed by atoms with Gasteiger partial charge < -0.3 is 10.9 Å². The van der Waals surface area contributed by atoms with Crippen molar-refractivity contribution in [3.63, 3.8) is 0 Å². The Bertz CT molecular complexity index is 260. The number of oxime groups is 1. The first-order valence-electron chi connectivity index (χ1n) is 3.95. The van der Waals surface area contributed by atoms with Gasteiger partial charge in [0.15, 0.2) is 0 Å². The molecular weight excluding hydrogens is 194 g/mol. The molecule has 0 unspecified atom stereocenters. The van der Waals surface area contributed by atoms with Gasteiger partial charge in [-0.2, -0.15) is 0 Å². The van der Waals surface area contributed by atoms with Crippen LogP contribution in [0.1, 0.15) is 19.8 Å². The average molecular weight is 209 g/mol. The highest BCUT2D eigenvalue weighted by Gasteiger charge is 2.04. The van der Waals surface area contributed by atoms with Crippen molar-refractivity contribution in [1.82, 2.24) is 4.72 Å². The van der Waals surface area contributed by atoms with Crippen molar-refractivity contribution < 1.29 is 13.6 Å². The Kier molecular flexibility index (Phi) is 5.40. The Morgan fingerprint density at radius 3 is 2.69 bits per heavy atom. The first-order chi connectivity index (χ1) is 6.02. The molecule has 0 atom stereocenters. The molecule has 0 spiro atoms. The smallest absolute Gasteiger partial charge is 0.211 e. The van der Waals surface area contributed by atoms with E-state index in [0.717, 1.165) is 0 Å². The highest BCUT2D eigenvalue weighted by atomic mass is 32.2. The van der Waals surface area contributed by atoms with E-state index in [0.29, 0.717) is 19.4 Å². The summed E-state index contributed by atoms with van der Waals surface area (Å²) in [7, 11) is -3.12. The van der Waals surface area contributed by atoms with Gasteiger partial charge in [-0.25, -0.2) is 13.1 Å². The summed E-state index contributed by atoms with van der Waals surface area (Å²) < 4.78 is 24.2. The quantitative estimate of drug-likeness (QED) is 0.179. The molecule has 13 heavy (non-hydrogen) atoms. The van der Waals surface area contributed by atoms with Gasteiger partial charge in [0.2, 0.25) is 10.0 Å². The lowest BCUT2D eigenvalue weighted by Crippen LogP contribution is -2.27. The number of nitrogens with two attached hydrogens (primary N) is 1. The Hall–Kier alpha value is -0.820. The molecule has 0 radical (unpaired) electrons. The van der Waals surface area contributed by atoms with Gasteiger partial charge in [0, 0.05) is 13.0 Å². The van der Waals surface area contributed by atoms with Gasteiger partial charge in [-0.3, -0.25) is 0 Å². The highest BCUT2D eigenvalue weighted by molar-refractivity contribution is 7.89. The molecule has 7 heteroatoms. The minimum atomic E-state index is -3.12. The van der Waals surface area contributed by atoms with Crippen LogP contribution in [0.15, 0.2) is 5.16 Å². The number of nitrogens with one attached hydrogen (secondary N) is 1. The molecule has 78 valence electrons. The van der Waals surface area contributed by atoms with E-state index in [-0.39, 0.29) is 11.6 Å². The van der Waals surface area contributed by atoms with Crippen LogP contribution in [0.25, 0.3) is 0 Å². The van der Waals surface area contributed by atoms with Gasteiger partial charge >= 0.3 is 0 Å². The highest BCUT2D eigenvalue weighted by Crippen LogP contribution is 1.89. The van der Waals surface area contributed by atoms with Crippen LogP contribution in [0.5, 0.6) is 0 Å². The molecule has 0 bridgehead atoms. The Balaban J connectivity index is 3.59. The maximum absolute atomic E-state index is 10.9. The molecule has 0 heterocycles. The number of hydrogen-bond donors (Lipinski definition) is 3. The van der Waals surface area contributed by atoms with Crippen LogP contribution in [-0.2, 0) is 10.0 Å². The summed E-state index contributed by atoms with van der Waals surface area (Å²) in [5.41, 5.74) is 5.18. The van der Waals surface area contributed by atoms with Gasteiger partial charge in [0.05, 0.1) is 5.75 Å². The van der Waals surface area contributed by atoms with Crippen LogP contribution in [0.3, 0.4) is 0 Å². The molecule has 0 aromatic carbocycles. The molecule has 0 aliphatic carbocycles. The SMILES string of the molecule is CCS(=O)(=O)NCCCC(N)=NO. The molecule has 0 fully saturated rings. The number of hydrogen-bond acceptors (Lipinski definition) is 4. The van der Waals surface area contributed by atoms with Crippen molar-refractivity contribution in [3.8, 4) is 0 Å². The lowest BCUT2D eigenvalue weighted by atomic mass is 10.3. The maximum atomic E-state index is 10.9. The molecule has 0 rings (SSSR count). The van der Waals surface area contributed by atoms with E-state index < -0.39 is 10.0 Å². The van der Waals surface area contributed by atoms with E-state index in [9.17, 15) is 8.42 Å². The Labute approximate surface area is 77.9 Å². The van der Waals surface area contributed by atoms with Crippen molar-refractivity contribution in [1.29, 1.82) is 0 Å². The molecule has 0 aliphatic rings. The van der Waals surface area contributed by atoms with Gasteiger partial charge in [-0.15, -0.1) is 0 Å². The number of rotatable bonds is 6. The zero-order chi connectivity index (χ0) is 10.3. The first-order valence-corrected chi connectivity index (χ1v) is 5.60. The minimum Gasteiger partial charge on any atom is -0.409 e. The molecule has 4 N–H and O–H groups in total. The van der Waals surface area contributed by atoms with E-state index in [2.05, 4.69) is 9.88 Å². The van der Waals surface area contributed by atoms with E-state index in [4.69, 9.17) is 10.9 Å². The Morgan fingerprint density at radius 2 is 2.23 bits per heavy atom. The predicted molar refractivity (Wildman–Crippen MR) is 50.1 cm³/mol. The summed E-state index contributed by atoms with van der Waals surface area (Å²) in [6.07, 6.45) is 0.901. The van der Waals surface area contributed by atoms with Crippen molar-refractivity contribution >= 4 is 15.9 Å². The maximum Gasteiger partial charge on any atom is 0.211 e. The van der Waals surface area contributed by atoms with Crippen molar-refractivity contribution in [2.45, 2.75) is 19.8 Å². The largest absolute Gasteiger partial charge is 0.409 e. The van der Waals surface area contributed by atoms with Gasteiger partial charge in [-0.1, -0.05) is 5.16 Å². The van der Waals surface area contributed by atoms with E-state index in [1.54, 1.807) is 6.92 Å². The standard InChI is InChI=1S/C6H15N3O3S/c1-2-13(11,12)8-5-3-4-6(7)9-10/h8,10H,2-5H2,1H3,(H2,7,9). The molecule has 0 aromatic rings.